The second-order valence-electron chi connectivity index (χ2n) is 21.0. The van der Waals surface area contributed by atoms with Crippen molar-refractivity contribution in [2.24, 2.45) is 0 Å². The lowest BCUT2D eigenvalue weighted by atomic mass is 9.77. The maximum absolute atomic E-state index is 7.52. The van der Waals surface area contributed by atoms with Gasteiger partial charge >= 0.3 is 8.60 Å². The molecule has 0 aromatic heterocycles. The number of hydrogen-bond donors (Lipinski definition) is 0. The Labute approximate surface area is 417 Å². The van der Waals surface area contributed by atoms with Crippen LogP contribution in [0.5, 0.6) is 17.2 Å². The van der Waals surface area contributed by atoms with Crippen molar-refractivity contribution in [1.82, 2.24) is 0 Å². The molecule has 4 heteroatoms. The van der Waals surface area contributed by atoms with E-state index in [-0.39, 0.29) is 16.2 Å². The second kappa shape index (κ2) is 20.0. The van der Waals surface area contributed by atoms with Gasteiger partial charge in [0.25, 0.3) is 0 Å². The van der Waals surface area contributed by atoms with Crippen LogP contribution in [-0.4, -0.2) is 0 Å². The summed E-state index contributed by atoms with van der Waals surface area (Å²) in [5.41, 5.74) is 15.7. The maximum atomic E-state index is 7.52. The average Bonchev–Trinajstić information content (AvgIpc) is 3.36. The SMILES string of the molecule is CC(C)(C)c1c(-c2ccccc2)ccc(OP(Oc2ccc(-c3ccccc3)c(C(C)(C)C)c2-c2ccccc2)Oc2ccc(-c3ccccc3)c(C(C)(C)C)c2-c2ccccc2)c1-c1ccccc1. The zero-order valence-electron chi connectivity index (χ0n) is 42.0. The minimum absolute atomic E-state index is 0.287. The molecule has 0 aliphatic heterocycles. The first-order valence-electron chi connectivity index (χ1n) is 24.4. The highest BCUT2D eigenvalue weighted by Crippen LogP contribution is 2.55. The molecule has 0 saturated heterocycles. The molecule has 0 amide bonds. The van der Waals surface area contributed by atoms with E-state index in [4.69, 9.17) is 13.6 Å². The Morgan fingerprint density at radius 3 is 0.643 bits per heavy atom. The van der Waals surface area contributed by atoms with Crippen molar-refractivity contribution >= 4 is 8.60 Å². The summed E-state index contributed by atoms with van der Waals surface area (Å²) in [6.07, 6.45) is 0. The van der Waals surface area contributed by atoms with Crippen molar-refractivity contribution in [3.05, 3.63) is 235 Å². The van der Waals surface area contributed by atoms with E-state index in [0.717, 1.165) is 66.8 Å². The minimum atomic E-state index is -2.25. The highest BCUT2D eigenvalue weighted by molar-refractivity contribution is 7.43. The van der Waals surface area contributed by atoms with Gasteiger partial charge in [0.2, 0.25) is 0 Å². The largest absolute Gasteiger partial charge is 0.530 e. The Balaban J connectivity index is 1.32. The Morgan fingerprint density at radius 2 is 0.443 bits per heavy atom. The maximum Gasteiger partial charge on any atom is 0.530 e. The first kappa shape index (κ1) is 47.9. The summed E-state index contributed by atoms with van der Waals surface area (Å²) in [6.45, 7) is 20.5. The molecule has 9 aromatic carbocycles. The van der Waals surface area contributed by atoms with Gasteiger partial charge in [-0.05, 0) is 101 Å². The van der Waals surface area contributed by atoms with Gasteiger partial charge in [0, 0.05) is 16.7 Å². The topological polar surface area (TPSA) is 27.7 Å². The lowest BCUT2D eigenvalue weighted by molar-refractivity contribution is 0.388. The van der Waals surface area contributed by atoms with Crippen LogP contribution in [0.3, 0.4) is 0 Å². The van der Waals surface area contributed by atoms with Crippen molar-refractivity contribution in [1.29, 1.82) is 0 Å². The highest BCUT2D eigenvalue weighted by atomic mass is 31.2. The minimum Gasteiger partial charge on any atom is -0.408 e. The van der Waals surface area contributed by atoms with Gasteiger partial charge in [-0.3, -0.25) is 0 Å². The van der Waals surface area contributed by atoms with Crippen LogP contribution in [0, 0.1) is 0 Å². The zero-order chi connectivity index (χ0) is 49.0. The van der Waals surface area contributed by atoms with Gasteiger partial charge in [-0.1, -0.05) is 263 Å². The molecule has 70 heavy (non-hydrogen) atoms. The van der Waals surface area contributed by atoms with Gasteiger partial charge in [0.05, 0.1) is 0 Å². The molecule has 3 nitrogen and oxygen atoms in total. The third-order valence-electron chi connectivity index (χ3n) is 12.7. The summed E-state index contributed by atoms with van der Waals surface area (Å²) in [6, 6.07) is 76.7. The predicted octanol–water partition coefficient (Wildman–Crippen LogP) is 19.3. The molecular weight excluding hydrogens is 872 g/mol. The molecule has 9 aromatic rings. The van der Waals surface area contributed by atoms with Crippen molar-refractivity contribution in [3.8, 4) is 84.0 Å². The molecule has 9 rings (SSSR count). The van der Waals surface area contributed by atoms with Crippen LogP contribution in [-0.2, 0) is 16.2 Å². The van der Waals surface area contributed by atoms with Crippen molar-refractivity contribution in [2.75, 3.05) is 0 Å². The van der Waals surface area contributed by atoms with Crippen LogP contribution >= 0.6 is 8.60 Å². The Bertz CT molecular complexity index is 2840. The van der Waals surface area contributed by atoms with Gasteiger partial charge in [-0.25, -0.2) is 0 Å². The molecule has 0 heterocycles. The highest BCUT2D eigenvalue weighted by Gasteiger charge is 2.34. The quantitative estimate of drug-likeness (QED) is 0.114. The molecule has 0 fully saturated rings. The molecule has 0 radical (unpaired) electrons. The van der Waals surface area contributed by atoms with Gasteiger partial charge < -0.3 is 13.6 Å². The van der Waals surface area contributed by atoms with Crippen LogP contribution in [0.4, 0.5) is 0 Å². The van der Waals surface area contributed by atoms with E-state index in [0.29, 0.717) is 17.2 Å². The van der Waals surface area contributed by atoms with Crippen LogP contribution in [0.2, 0.25) is 0 Å². The van der Waals surface area contributed by atoms with Crippen molar-refractivity contribution in [2.45, 2.75) is 78.6 Å². The van der Waals surface area contributed by atoms with E-state index < -0.39 is 8.60 Å². The van der Waals surface area contributed by atoms with E-state index in [1.165, 1.54) is 16.7 Å². The van der Waals surface area contributed by atoms with E-state index in [2.05, 4.69) is 281 Å². The summed E-state index contributed by atoms with van der Waals surface area (Å²) in [7, 11) is -2.25. The van der Waals surface area contributed by atoms with E-state index in [9.17, 15) is 0 Å². The normalized spacial score (nSPS) is 11.9. The lowest BCUT2D eigenvalue weighted by Gasteiger charge is -2.32. The summed E-state index contributed by atoms with van der Waals surface area (Å²) in [5, 5.41) is 0. The number of hydrogen-bond acceptors (Lipinski definition) is 3. The zero-order valence-corrected chi connectivity index (χ0v) is 42.9. The van der Waals surface area contributed by atoms with Crippen molar-refractivity contribution < 1.29 is 13.6 Å². The number of benzene rings is 9. The third kappa shape index (κ3) is 10.2. The third-order valence-corrected chi connectivity index (χ3v) is 13.7. The van der Waals surface area contributed by atoms with Gasteiger partial charge in [0.15, 0.2) is 0 Å². The molecule has 350 valence electrons. The summed E-state index contributed by atoms with van der Waals surface area (Å²) in [5.74, 6) is 2.04. The van der Waals surface area contributed by atoms with Gasteiger partial charge in [0.1, 0.15) is 17.2 Å². The Morgan fingerprint density at radius 1 is 0.243 bits per heavy atom. The first-order valence-corrected chi connectivity index (χ1v) is 25.5. The first-order chi connectivity index (χ1) is 33.7. The molecule has 0 atom stereocenters. The van der Waals surface area contributed by atoms with E-state index in [1.807, 2.05) is 0 Å². The average molecular weight is 935 g/mol. The van der Waals surface area contributed by atoms with E-state index >= 15 is 0 Å². The molecule has 0 spiro atoms. The molecule has 0 unspecified atom stereocenters. The van der Waals surface area contributed by atoms with Crippen LogP contribution in [0.1, 0.15) is 79.0 Å². The monoisotopic (exact) mass is 934 g/mol. The molecule has 0 aliphatic carbocycles. The molecular formula is C66H63O3P. The smallest absolute Gasteiger partial charge is 0.408 e. The fourth-order valence-corrected chi connectivity index (χ4v) is 10.9. The Hall–Kier alpha value is -7.19. The van der Waals surface area contributed by atoms with Gasteiger partial charge in [-0.2, -0.15) is 0 Å². The van der Waals surface area contributed by atoms with Crippen LogP contribution in [0.25, 0.3) is 66.8 Å². The summed E-state index contributed by atoms with van der Waals surface area (Å²) in [4.78, 5) is 0. The van der Waals surface area contributed by atoms with E-state index in [1.54, 1.807) is 0 Å². The second-order valence-corrected chi connectivity index (χ2v) is 22.0. The standard InChI is InChI=1S/C66H63O3P/c1-64(2,3)61-52(46-28-16-10-17-29-46)40-43-55(58(61)49-34-22-13-23-35-49)67-70(68-56-44-41-53(47-30-18-11-19-31-47)62(65(4,5)6)59(56)50-36-24-14-25-37-50)69-57-45-42-54(48-32-20-12-21-33-48)63(66(7,8)9)60(57)51-38-26-15-27-39-51/h10-45H,1-9H3. The Kier molecular flexibility index (Phi) is 13.7. The van der Waals surface area contributed by atoms with Crippen molar-refractivity contribution in [3.63, 3.8) is 0 Å². The molecule has 0 saturated carbocycles. The fraction of sp³-hybridized carbons (Fsp3) is 0.182. The van der Waals surface area contributed by atoms with Gasteiger partial charge in [-0.15, -0.1) is 0 Å². The van der Waals surface area contributed by atoms with Crippen LogP contribution < -0.4 is 13.6 Å². The molecule has 0 N–H and O–H groups in total. The summed E-state index contributed by atoms with van der Waals surface area (Å²) >= 11 is 0. The summed E-state index contributed by atoms with van der Waals surface area (Å²) < 4.78 is 22.6. The molecule has 0 bridgehead atoms. The number of rotatable bonds is 12. The predicted molar refractivity (Wildman–Crippen MR) is 297 cm³/mol. The molecule has 0 aliphatic rings. The lowest BCUT2D eigenvalue weighted by Crippen LogP contribution is -2.17. The fourth-order valence-electron chi connectivity index (χ4n) is 9.86. The van der Waals surface area contributed by atoms with Crippen LogP contribution in [0.15, 0.2) is 218 Å².